The molecular formula is C11H15NOS. The van der Waals surface area contributed by atoms with Crippen molar-refractivity contribution in [2.24, 2.45) is 0 Å². The highest BCUT2D eigenvalue weighted by Gasteiger charge is 2.24. The van der Waals surface area contributed by atoms with E-state index in [0.717, 1.165) is 19.1 Å². The molecule has 0 bridgehead atoms. The van der Waals surface area contributed by atoms with Crippen LogP contribution in [-0.2, 0) is 18.0 Å². The van der Waals surface area contributed by atoms with Crippen molar-refractivity contribution in [3.8, 4) is 0 Å². The van der Waals surface area contributed by atoms with Crippen LogP contribution in [0.5, 0.6) is 0 Å². The van der Waals surface area contributed by atoms with Crippen molar-refractivity contribution >= 4 is 11.3 Å². The highest BCUT2D eigenvalue weighted by atomic mass is 32.1. The van der Waals surface area contributed by atoms with Crippen LogP contribution in [0.25, 0.3) is 0 Å². The molecule has 0 spiro atoms. The van der Waals surface area contributed by atoms with Gasteiger partial charge in [-0.3, -0.25) is 0 Å². The standard InChI is InChI=1S/C11H15NOS/c1-3-12-4-2-8(1)10-7-14-11-6-13-5-9(10)11/h7-8,12H,1-6H2. The molecule has 0 saturated carbocycles. The molecule has 0 amide bonds. The Morgan fingerprint density at radius 3 is 3.00 bits per heavy atom. The summed E-state index contributed by atoms with van der Waals surface area (Å²) in [6, 6.07) is 0. The number of thiophene rings is 1. The number of nitrogens with one attached hydrogen (secondary N) is 1. The first-order valence-electron chi connectivity index (χ1n) is 5.33. The molecule has 0 unspecified atom stereocenters. The van der Waals surface area contributed by atoms with Crippen molar-refractivity contribution in [3.63, 3.8) is 0 Å². The van der Waals surface area contributed by atoms with Crippen LogP contribution >= 0.6 is 11.3 Å². The monoisotopic (exact) mass is 209 g/mol. The summed E-state index contributed by atoms with van der Waals surface area (Å²) in [6.45, 7) is 4.06. The van der Waals surface area contributed by atoms with Gasteiger partial charge in [0.2, 0.25) is 0 Å². The Kier molecular flexibility index (Phi) is 2.32. The minimum atomic E-state index is 0.790. The lowest BCUT2D eigenvalue weighted by molar-refractivity contribution is 0.135. The van der Waals surface area contributed by atoms with Crippen LogP contribution in [0.4, 0.5) is 0 Å². The molecule has 1 N–H and O–H groups in total. The Morgan fingerprint density at radius 2 is 2.14 bits per heavy atom. The van der Waals surface area contributed by atoms with Crippen LogP contribution in [0.15, 0.2) is 5.38 Å². The summed E-state index contributed by atoms with van der Waals surface area (Å²) < 4.78 is 5.48. The highest BCUT2D eigenvalue weighted by molar-refractivity contribution is 7.10. The molecule has 0 atom stereocenters. The van der Waals surface area contributed by atoms with Crippen molar-refractivity contribution in [3.05, 3.63) is 21.4 Å². The summed E-state index contributed by atoms with van der Waals surface area (Å²) in [6.07, 6.45) is 2.59. The molecule has 3 heteroatoms. The minimum Gasteiger partial charge on any atom is -0.371 e. The second-order valence-corrected chi connectivity index (χ2v) is 5.07. The first kappa shape index (κ1) is 8.89. The van der Waals surface area contributed by atoms with Gasteiger partial charge in [-0.25, -0.2) is 0 Å². The molecule has 0 radical (unpaired) electrons. The molecule has 1 saturated heterocycles. The van der Waals surface area contributed by atoms with Crippen molar-refractivity contribution in [2.75, 3.05) is 13.1 Å². The maximum atomic E-state index is 5.48. The van der Waals surface area contributed by atoms with Gasteiger partial charge in [0.05, 0.1) is 13.2 Å². The van der Waals surface area contributed by atoms with Gasteiger partial charge in [-0.05, 0) is 48.4 Å². The van der Waals surface area contributed by atoms with Gasteiger partial charge in [-0.15, -0.1) is 11.3 Å². The molecule has 3 rings (SSSR count). The van der Waals surface area contributed by atoms with Crippen molar-refractivity contribution in [2.45, 2.75) is 32.0 Å². The maximum absolute atomic E-state index is 5.48. The lowest BCUT2D eigenvalue weighted by Crippen LogP contribution is -2.26. The molecule has 2 aliphatic rings. The molecule has 1 aromatic rings. The summed E-state index contributed by atoms with van der Waals surface area (Å²) in [4.78, 5) is 1.47. The summed E-state index contributed by atoms with van der Waals surface area (Å²) in [5.74, 6) is 0.790. The van der Waals surface area contributed by atoms with Crippen molar-refractivity contribution < 1.29 is 4.74 Å². The Morgan fingerprint density at radius 1 is 1.29 bits per heavy atom. The predicted octanol–water partition coefficient (Wildman–Crippen LogP) is 2.25. The molecule has 3 heterocycles. The number of hydrogen-bond acceptors (Lipinski definition) is 3. The molecule has 2 aliphatic heterocycles. The average Bonchev–Trinajstić information content (AvgIpc) is 2.79. The molecule has 1 aromatic heterocycles. The molecule has 1 fully saturated rings. The first-order valence-corrected chi connectivity index (χ1v) is 6.20. The highest BCUT2D eigenvalue weighted by Crippen LogP contribution is 2.37. The van der Waals surface area contributed by atoms with Gasteiger partial charge >= 0.3 is 0 Å². The normalized spacial score (nSPS) is 22.6. The SMILES string of the molecule is c1sc2c(c1C1CCNCC1)COC2. The van der Waals surface area contributed by atoms with E-state index in [-0.39, 0.29) is 0 Å². The third-order valence-corrected chi connectivity index (χ3v) is 4.29. The maximum Gasteiger partial charge on any atom is 0.0817 e. The zero-order valence-electron chi connectivity index (χ0n) is 8.21. The van der Waals surface area contributed by atoms with Crippen LogP contribution in [0.3, 0.4) is 0 Å². The largest absolute Gasteiger partial charge is 0.371 e. The first-order chi connectivity index (χ1) is 6.95. The van der Waals surface area contributed by atoms with E-state index in [4.69, 9.17) is 4.74 Å². The van der Waals surface area contributed by atoms with E-state index in [1.165, 1.54) is 36.4 Å². The van der Waals surface area contributed by atoms with Gasteiger partial charge < -0.3 is 10.1 Å². The lowest BCUT2D eigenvalue weighted by Gasteiger charge is -2.22. The zero-order chi connectivity index (χ0) is 9.38. The third kappa shape index (κ3) is 1.40. The van der Waals surface area contributed by atoms with Gasteiger partial charge in [-0.2, -0.15) is 0 Å². The van der Waals surface area contributed by atoms with Crippen LogP contribution in [0.1, 0.15) is 34.8 Å². The van der Waals surface area contributed by atoms with Crippen molar-refractivity contribution in [1.82, 2.24) is 5.32 Å². The van der Waals surface area contributed by atoms with Crippen molar-refractivity contribution in [1.29, 1.82) is 0 Å². The molecule has 14 heavy (non-hydrogen) atoms. The Bertz CT molecular complexity index is 328. The van der Waals surface area contributed by atoms with E-state index in [2.05, 4.69) is 10.7 Å². The van der Waals surface area contributed by atoms with Crippen LogP contribution in [0, 0.1) is 0 Å². The second-order valence-electron chi connectivity index (χ2n) is 4.11. The fourth-order valence-corrected chi connectivity index (χ4v) is 3.52. The van der Waals surface area contributed by atoms with Gasteiger partial charge in [0.25, 0.3) is 0 Å². The predicted molar refractivity (Wildman–Crippen MR) is 57.7 cm³/mol. The van der Waals surface area contributed by atoms with E-state index < -0.39 is 0 Å². The van der Waals surface area contributed by atoms with Gasteiger partial charge in [0.1, 0.15) is 0 Å². The fraction of sp³-hybridized carbons (Fsp3) is 0.636. The van der Waals surface area contributed by atoms with E-state index in [1.807, 2.05) is 11.3 Å². The van der Waals surface area contributed by atoms with Crippen LogP contribution in [-0.4, -0.2) is 13.1 Å². The van der Waals surface area contributed by atoms with E-state index in [1.54, 1.807) is 5.56 Å². The Labute approximate surface area is 88.3 Å². The number of piperidine rings is 1. The summed E-state index contributed by atoms with van der Waals surface area (Å²) in [5, 5.41) is 5.78. The smallest absolute Gasteiger partial charge is 0.0817 e. The van der Waals surface area contributed by atoms with E-state index >= 15 is 0 Å². The topological polar surface area (TPSA) is 21.3 Å². The molecule has 2 nitrogen and oxygen atoms in total. The zero-order valence-corrected chi connectivity index (χ0v) is 9.03. The minimum absolute atomic E-state index is 0.790. The molecule has 76 valence electrons. The third-order valence-electron chi connectivity index (χ3n) is 3.27. The lowest BCUT2D eigenvalue weighted by atomic mass is 9.89. The van der Waals surface area contributed by atoms with Gasteiger partial charge in [0, 0.05) is 4.88 Å². The molecule has 0 aromatic carbocycles. The number of hydrogen-bond donors (Lipinski definition) is 1. The fourth-order valence-electron chi connectivity index (χ4n) is 2.44. The Balaban J connectivity index is 1.88. The summed E-state index contributed by atoms with van der Waals surface area (Å²) in [7, 11) is 0. The van der Waals surface area contributed by atoms with Crippen LogP contribution < -0.4 is 5.32 Å². The molecular weight excluding hydrogens is 194 g/mol. The number of ether oxygens (including phenoxy) is 1. The van der Waals surface area contributed by atoms with E-state index in [0.29, 0.717) is 0 Å². The van der Waals surface area contributed by atoms with E-state index in [9.17, 15) is 0 Å². The number of rotatable bonds is 1. The van der Waals surface area contributed by atoms with Gasteiger partial charge in [-0.1, -0.05) is 0 Å². The Hall–Kier alpha value is -0.380. The second kappa shape index (κ2) is 3.65. The quantitative estimate of drug-likeness (QED) is 0.766. The number of fused-ring (bicyclic) bond motifs is 1. The molecule has 0 aliphatic carbocycles. The van der Waals surface area contributed by atoms with Crippen LogP contribution in [0.2, 0.25) is 0 Å². The average molecular weight is 209 g/mol. The summed E-state index contributed by atoms with van der Waals surface area (Å²) >= 11 is 1.89. The summed E-state index contributed by atoms with van der Waals surface area (Å²) in [5.41, 5.74) is 3.10. The van der Waals surface area contributed by atoms with Gasteiger partial charge in [0.15, 0.2) is 0 Å².